The molecule has 0 bridgehead atoms. The van der Waals surface area contributed by atoms with Crippen LogP contribution in [0.2, 0.25) is 0 Å². The Bertz CT molecular complexity index is 605. The summed E-state index contributed by atoms with van der Waals surface area (Å²) < 4.78 is 0. The van der Waals surface area contributed by atoms with Gasteiger partial charge >= 0.3 is 0 Å². The zero-order valence-corrected chi connectivity index (χ0v) is 15.5. The number of hydrazine groups is 1. The summed E-state index contributed by atoms with van der Waals surface area (Å²) in [5, 5.41) is 1.74. The molecule has 0 aliphatic carbocycles. The first-order chi connectivity index (χ1) is 10.8. The molecule has 0 spiro atoms. The molecule has 1 aromatic carbocycles. The maximum atomic E-state index is 12.8. The number of hydrogen-bond donors (Lipinski definition) is 2. The average molecular weight is 334 g/mol. The fraction of sp³-hybridized carbons (Fsp3) is 0.500. The summed E-state index contributed by atoms with van der Waals surface area (Å²) in [6, 6.07) is 8.37. The van der Waals surface area contributed by atoms with Gasteiger partial charge in [0.1, 0.15) is 0 Å². The van der Waals surface area contributed by atoms with E-state index in [1.807, 2.05) is 13.8 Å². The van der Waals surface area contributed by atoms with E-state index in [0.29, 0.717) is 19.0 Å². The van der Waals surface area contributed by atoms with Gasteiger partial charge in [-0.1, -0.05) is 26.0 Å². The molecule has 1 amide bonds. The van der Waals surface area contributed by atoms with Crippen LogP contribution in [0.25, 0.3) is 5.70 Å². The zero-order chi connectivity index (χ0) is 17.2. The second-order valence-corrected chi connectivity index (χ2v) is 7.71. The molecule has 2 rings (SSSR count). The maximum absolute atomic E-state index is 12.8. The fourth-order valence-electron chi connectivity index (χ4n) is 2.88. The second kappa shape index (κ2) is 6.97. The number of hydrogen-bond acceptors (Lipinski definition) is 4. The molecule has 5 heteroatoms. The van der Waals surface area contributed by atoms with E-state index in [-0.39, 0.29) is 5.91 Å². The predicted octanol–water partition coefficient (Wildman–Crippen LogP) is 3.11. The van der Waals surface area contributed by atoms with E-state index in [9.17, 15) is 4.79 Å². The molecule has 0 saturated carbocycles. The number of rotatable bonds is 5. The van der Waals surface area contributed by atoms with E-state index >= 15 is 0 Å². The van der Waals surface area contributed by atoms with Crippen LogP contribution >= 0.6 is 11.8 Å². The van der Waals surface area contributed by atoms with Crippen molar-refractivity contribution in [3.8, 4) is 0 Å². The lowest BCUT2D eigenvalue weighted by molar-refractivity contribution is -0.142. The summed E-state index contributed by atoms with van der Waals surface area (Å²) in [5.41, 5.74) is 11.7. The largest absolute Gasteiger partial charge is 0.327 e. The molecular weight excluding hydrogens is 306 g/mol. The number of nitrogens with one attached hydrogen (secondary N) is 1. The van der Waals surface area contributed by atoms with Crippen molar-refractivity contribution in [1.82, 2.24) is 10.4 Å². The third kappa shape index (κ3) is 3.56. The van der Waals surface area contributed by atoms with Crippen LogP contribution in [-0.4, -0.2) is 30.3 Å². The Balaban J connectivity index is 2.49. The van der Waals surface area contributed by atoms with Crippen molar-refractivity contribution in [3.63, 3.8) is 0 Å². The Morgan fingerprint density at radius 2 is 1.87 bits per heavy atom. The molecule has 4 nitrogen and oxygen atoms in total. The first kappa shape index (κ1) is 17.9. The Labute approximate surface area is 143 Å². The zero-order valence-electron chi connectivity index (χ0n) is 14.6. The first-order valence-electron chi connectivity index (χ1n) is 7.98. The van der Waals surface area contributed by atoms with E-state index in [2.05, 4.69) is 49.8 Å². The molecule has 0 fully saturated rings. The van der Waals surface area contributed by atoms with Crippen LogP contribution < -0.4 is 11.2 Å². The molecule has 0 saturated heterocycles. The average Bonchev–Trinajstić information content (AvgIpc) is 2.51. The van der Waals surface area contributed by atoms with Gasteiger partial charge in [-0.05, 0) is 49.3 Å². The minimum absolute atomic E-state index is 0.0798. The lowest BCUT2D eigenvalue weighted by Crippen LogP contribution is -2.55. The topological polar surface area (TPSA) is 58.4 Å². The molecule has 0 aromatic heterocycles. The van der Waals surface area contributed by atoms with Crippen LogP contribution in [0.1, 0.15) is 33.3 Å². The summed E-state index contributed by atoms with van der Waals surface area (Å²) >= 11 is 1.71. The van der Waals surface area contributed by atoms with Crippen LogP contribution in [0.5, 0.6) is 0 Å². The third-order valence-electron chi connectivity index (χ3n) is 4.21. The van der Waals surface area contributed by atoms with Gasteiger partial charge in [0, 0.05) is 18.0 Å². The summed E-state index contributed by atoms with van der Waals surface area (Å²) in [7, 11) is 0. The lowest BCUT2D eigenvalue weighted by atomic mass is 9.79. The number of carbonyl (C=O) groups excluding carboxylic acids is 1. The fourth-order valence-corrected chi connectivity index (χ4v) is 3.29. The highest BCUT2D eigenvalue weighted by Crippen LogP contribution is 2.37. The van der Waals surface area contributed by atoms with Crippen molar-refractivity contribution >= 4 is 23.4 Å². The van der Waals surface area contributed by atoms with Gasteiger partial charge in [-0.15, -0.1) is 11.8 Å². The molecule has 0 unspecified atom stereocenters. The Morgan fingerprint density at radius 3 is 2.35 bits per heavy atom. The smallest absolute Gasteiger partial charge is 0.250 e. The summed E-state index contributed by atoms with van der Waals surface area (Å²) in [6.07, 6.45) is 2.06. The van der Waals surface area contributed by atoms with Crippen molar-refractivity contribution in [2.75, 3.05) is 19.3 Å². The van der Waals surface area contributed by atoms with Crippen LogP contribution in [0, 0.1) is 11.3 Å². The molecule has 1 aliphatic rings. The standard InChI is InChI=1S/C18H27N3OS/c1-12(2)11-21-17(22)18(3,4)15(10-19)16(20-21)13-6-8-14(23-5)9-7-13/h6-9,12,20H,10-11,19H2,1-5H3. The lowest BCUT2D eigenvalue weighted by Gasteiger charge is -2.42. The quantitative estimate of drug-likeness (QED) is 0.813. The van der Waals surface area contributed by atoms with Crippen molar-refractivity contribution in [3.05, 3.63) is 35.4 Å². The number of nitrogens with two attached hydrogens (primary N) is 1. The van der Waals surface area contributed by atoms with Crippen molar-refractivity contribution < 1.29 is 4.79 Å². The normalized spacial score (nSPS) is 17.7. The molecule has 3 N–H and O–H groups in total. The predicted molar refractivity (Wildman–Crippen MR) is 97.7 cm³/mol. The van der Waals surface area contributed by atoms with Gasteiger partial charge in [-0.3, -0.25) is 15.2 Å². The Kier molecular flexibility index (Phi) is 5.42. The monoisotopic (exact) mass is 333 g/mol. The number of carbonyl (C=O) groups is 1. The minimum atomic E-state index is -0.595. The van der Waals surface area contributed by atoms with Crippen LogP contribution in [-0.2, 0) is 4.79 Å². The highest BCUT2D eigenvalue weighted by Gasteiger charge is 2.41. The third-order valence-corrected chi connectivity index (χ3v) is 4.96. The number of nitrogens with zero attached hydrogens (tertiary/aromatic N) is 1. The highest BCUT2D eigenvalue weighted by molar-refractivity contribution is 7.98. The van der Waals surface area contributed by atoms with Gasteiger partial charge in [-0.25, -0.2) is 0 Å². The maximum Gasteiger partial charge on any atom is 0.250 e. The van der Waals surface area contributed by atoms with Crippen LogP contribution in [0.15, 0.2) is 34.7 Å². The number of benzene rings is 1. The molecule has 0 radical (unpaired) electrons. The second-order valence-electron chi connectivity index (χ2n) is 6.83. The van der Waals surface area contributed by atoms with Gasteiger partial charge in [-0.2, -0.15) is 0 Å². The molecule has 1 aromatic rings. The van der Waals surface area contributed by atoms with E-state index in [1.165, 1.54) is 4.90 Å². The molecule has 1 aliphatic heterocycles. The van der Waals surface area contributed by atoms with Crippen molar-refractivity contribution in [1.29, 1.82) is 0 Å². The Morgan fingerprint density at radius 1 is 1.26 bits per heavy atom. The van der Waals surface area contributed by atoms with E-state index < -0.39 is 5.41 Å². The van der Waals surface area contributed by atoms with Gasteiger partial charge in [0.15, 0.2) is 0 Å². The first-order valence-corrected chi connectivity index (χ1v) is 9.20. The van der Waals surface area contributed by atoms with E-state index in [1.54, 1.807) is 16.8 Å². The SMILES string of the molecule is CSc1ccc(C2=C(CN)C(C)(C)C(=O)N(CC(C)C)N2)cc1. The summed E-state index contributed by atoms with van der Waals surface area (Å²) in [4.78, 5) is 14.0. The van der Waals surface area contributed by atoms with Crippen molar-refractivity contribution in [2.24, 2.45) is 17.1 Å². The van der Waals surface area contributed by atoms with Gasteiger partial charge < -0.3 is 5.73 Å². The molecule has 23 heavy (non-hydrogen) atoms. The van der Waals surface area contributed by atoms with Crippen LogP contribution in [0.4, 0.5) is 0 Å². The van der Waals surface area contributed by atoms with Crippen LogP contribution in [0.3, 0.4) is 0 Å². The molecule has 126 valence electrons. The van der Waals surface area contributed by atoms with Gasteiger partial charge in [0.2, 0.25) is 0 Å². The summed E-state index contributed by atoms with van der Waals surface area (Å²) in [6.45, 7) is 9.17. The minimum Gasteiger partial charge on any atom is -0.327 e. The summed E-state index contributed by atoms with van der Waals surface area (Å²) in [5.74, 6) is 0.470. The molecular formula is C18H27N3OS. The molecule has 1 heterocycles. The van der Waals surface area contributed by atoms with Crippen molar-refractivity contribution in [2.45, 2.75) is 32.6 Å². The number of thioether (sulfide) groups is 1. The number of amides is 1. The molecule has 0 atom stereocenters. The van der Waals surface area contributed by atoms with Gasteiger partial charge in [0.25, 0.3) is 5.91 Å². The van der Waals surface area contributed by atoms with Gasteiger partial charge in [0.05, 0.1) is 11.1 Å². The van der Waals surface area contributed by atoms with E-state index in [0.717, 1.165) is 16.8 Å². The van der Waals surface area contributed by atoms with E-state index in [4.69, 9.17) is 5.73 Å². The Hall–Kier alpha value is -1.46. The highest BCUT2D eigenvalue weighted by atomic mass is 32.2.